The van der Waals surface area contributed by atoms with Gasteiger partial charge in [-0.05, 0) is 36.8 Å². The van der Waals surface area contributed by atoms with Gasteiger partial charge in [0.25, 0.3) is 0 Å². The van der Waals surface area contributed by atoms with Crippen molar-refractivity contribution in [3.05, 3.63) is 23.9 Å². The van der Waals surface area contributed by atoms with Crippen LogP contribution in [0.4, 0.5) is 5.82 Å². The Morgan fingerprint density at radius 3 is 2.56 bits per heavy atom. The first-order valence-electron chi connectivity index (χ1n) is 6.91. The Morgan fingerprint density at radius 2 is 2.00 bits per heavy atom. The smallest absolute Gasteiger partial charge is 0.125 e. The molecule has 18 heavy (non-hydrogen) atoms. The molecule has 0 aromatic carbocycles. The fourth-order valence-electron chi connectivity index (χ4n) is 2.66. The summed E-state index contributed by atoms with van der Waals surface area (Å²) in [6.45, 7) is 3.30. The highest BCUT2D eigenvalue weighted by atomic mass is 15.0. The highest BCUT2D eigenvalue weighted by molar-refractivity contribution is 5.38. The highest BCUT2D eigenvalue weighted by Crippen LogP contribution is 2.30. The summed E-state index contributed by atoms with van der Waals surface area (Å²) in [7, 11) is 0. The molecule has 1 aliphatic rings. The van der Waals surface area contributed by atoms with E-state index in [9.17, 15) is 0 Å². The van der Waals surface area contributed by atoms with Gasteiger partial charge in [0, 0.05) is 12.7 Å². The number of hydrogen-bond donors (Lipinski definition) is 1. The largest absolute Gasteiger partial charge is 0.370 e. The number of aromatic nitrogens is 1. The molecule has 0 bridgehead atoms. The van der Waals surface area contributed by atoms with Crippen LogP contribution in [0.3, 0.4) is 0 Å². The first kappa shape index (κ1) is 12.9. The van der Waals surface area contributed by atoms with E-state index in [-0.39, 0.29) is 0 Å². The second-order valence-corrected chi connectivity index (χ2v) is 5.22. The Bertz CT molecular complexity index is 397. The SMILES string of the molecule is CCC1CCC(CNc2ccc(C#N)cn2)CC1. The van der Waals surface area contributed by atoms with Crippen LogP contribution in [-0.4, -0.2) is 11.5 Å². The normalized spacial score (nSPS) is 23.3. The lowest BCUT2D eigenvalue weighted by Gasteiger charge is -2.27. The quantitative estimate of drug-likeness (QED) is 0.879. The Hall–Kier alpha value is -1.56. The molecule has 1 N–H and O–H groups in total. The van der Waals surface area contributed by atoms with Gasteiger partial charge in [-0.25, -0.2) is 4.98 Å². The van der Waals surface area contributed by atoms with Gasteiger partial charge in [0.1, 0.15) is 11.9 Å². The van der Waals surface area contributed by atoms with E-state index in [1.54, 1.807) is 6.20 Å². The van der Waals surface area contributed by atoms with Crippen molar-refractivity contribution in [3.63, 3.8) is 0 Å². The molecule has 3 heteroatoms. The lowest BCUT2D eigenvalue weighted by Crippen LogP contribution is -2.21. The molecule has 0 unspecified atom stereocenters. The summed E-state index contributed by atoms with van der Waals surface area (Å²) >= 11 is 0. The van der Waals surface area contributed by atoms with Gasteiger partial charge in [-0.2, -0.15) is 5.26 Å². The maximum atomic E-state index is 8.70. The number of pyridine rings is 1. The summed E-state index contributed by atoms with van der Waals surface area (Å²) in [6.07, 6.45) is 8.38. The van der Waals surface area contributed by atoms with Gasteiger partial charge in [-0.3, -0.25) is 0 Å². The van der Waals surface area contributed by atoms with Gasteiger partial charge in [0.2, 0.25) is 0 Å². The average Bonchev–Trinajstić information content (AvgIpc) is 2.46. The molecule has 0 spiro atoms. The molecular weight excluding hydrogens is 222 g/mol. The maximum Gasteiger partial charge on any atom is 0.125 e. The van der Waals surface area contributed by atoms with Crippen LogP contribution in [0, 0.1) is 23.2 Å². The Kier molecular flexibility index (Phi) is 4.58. The fourth-order valence-corrected chi connectivity index (χ4v) is 2.66. The van der Waals surface area contributed by atoms with Crippen molar-refractivity contribution >= 4 is 5.82 Å². The summed E-state index contributed by atoms with van der Waals surface area (Å²) in [5.41, 5.74) is 0.615. The van der Waals surface area contributed by atoms with Crippen LogP contribution in [0.15, 0.2) is 18.3 Å². The van der Waals surface area contributed by atoms with Crippen LogP contribution in [-0.2, 0) is 0 Å². The number of anilines is 1. The van der Waals surface area contributed by atoms with Crippen molar-refractivity contribution in [2.75, 3.05) is 11.9 Å². The third-order valence-corrected chi connectivity index (χ3v) is 4.01. The lowest BCUT2D eigenvalue weighted by molar-refractivity contribution is 0.278. The minimum atomic E-state index is 0.615. The molecule has 1 heterocycles. The van der Waals surface area contributed by atoms with Crippen molar-refractivity contribution in [1.29, 1.82) is 5.26 Å². The molecule has 3 nitrogen and oxygen atoms in total. The standard InChI is InChI=1S/C15H21N3/c1-2-12-3-5-13(6-4-12)10-17-15-8-7-14(9-16)11-18-15/h7-8,11-13H,2-6,10H2,1H3,(H,17,18). The van der Waals surface area contributed by atoms with Crippen molar-refractivity contribution in [3.8, 4) is 6.07 Å². The van der Waals surface area contributed by atoms with E-state index in [1.165, 1.54) is 32.1 Å². The van der Waals surface area contributed by atoms with Gasteiger partial charge in [0.05, 0.1) is 5.56 Å². The molecule has 1 aromatic rings. The number of nitrogens with one attached hydrogen (secondary N) is 1. The predicted octanol–water partition coefficient (Wildman–Crippen LogP) is 3.58. The minimum absolute atomic E-state index is 0.615. The van der Waals surface area contributed by atoms with Crippen LogP contribution < -0.4 is 5.32 Å². The number of nitrogens with zero attached hydrogens (tertiary/aromatic N) is 2. The summed E-state index contributed by atoms with van der Waals surface area (Å²) in [6, 6.07) is 5.77. The molecule has 1 aromatic heterocycles. The molecule has 0 radical (unpaired) electrons. The second-order valence-electron chi connectivity index (χ2n) is 5.22. The van der Waals surface area contributed by atoms with E-state index in [4.69, 9.17) is 5.26 Å². The highest BCUT2D eigenvalue weighted by Gasteiger charge is 2.19. The van der Waals surface area contributed by atoms with Crippen LogP contribution in [0.1, 0.15) is 44.6 Å². The minimum Gasteiger partial charge on any atom is -0.370 e. The Labute approximate surface area is 109 Å². The zero-order valence-electron chi connectivity index (χ0n) is 11.0. The molecule has 0 atom stereocenters. The van der Waals surface area contributed by atoms with E-state index in [0.29, 0.717) is 5.56 Å². The van der Waals surface area contributed by atoms with Gasteiger partial charge < -0.3 is 5.32 Å². The van der Waals surface area contributed by atoms with Crippen LogP contribution in [0.25, 0.3) is 0 Å². The molecule has 0 aliphatic heterocycles. The monoisotopic (exact) mass is 243 g/mol. The summed E-state index contributed by atoms with van der Waals surface area (Å²) in [5.74, 6) is 2.62. The Morgan fingerprint density at radius 1 is 1.28 bits per heavy atom. The van der Waals surface area contributed by atoms with Gasteiger partial charge in [-0.15, -0.1) is 0 Å². The van der Waals surface area contributed by atoms with E-state index >= 15 is 0 Å². The summed E-state index contributed by atoms with van der Waals surface area (Å²) < 4.78 is 0. The Balaban J connectivity index is 1.76. The molecule has 1 aliphatic carbocycles. The van der Waals surface area contributed by atoms with E-state index in [1.807, 2.05) is 12.1 Å². The van der Waals surface area contributed by atoms with E-state index in [0.717, 1.165) is 24.2 Å². The van der Waals surface area contributed by atoms with Gasteiger partial charge >= 0.3 is 0 Å². The maximum absolute atomic E-state index is 8.70. The lowest BCUT2D eigenvalue weighted by atomic mass is 9.81. The zero-order valence-corrected chi connectivity index (χ0v) is 11.0. The number of hydrogen-bond acceptors (Lipinski definition) is 3. The average molecular weight is 243 g/mol. The molecular formula is C15H21N3. The second kappa shape index (κ2) is 6.39. The molecule has 0 amide bonds. The molecule has 96 valence electrons. The van der Waals surface area contributed by atoms with E-state index in [2.05, 4.69) is 23.3 Å². The molecule has 2 rings (SSSR count). The van der Waals surface area contributed by atoms with Crippen molar-refractivity contribution in [2.24, 2.45) is 11.8 Å². The van der Waals surface area contributed by atoms with Gasteiger partial charge in [0.15, 0.2) is 0 Å². The number of rotatable bonds is 4. The number of nitriles is 1. The summed E-state index contributed by atoms with van der Waals surface area (Å²) in [4.78, 5) is 4.23. The first-order chi connectivity index (χ1) is 8.81. The third kappa shape index (κ3) is 3.46. The first-order valence-corrected chi connectivity index (χ1v) is 6.91. The van der Waals surface area contributed by atoms with Crippen LogP contribution in [0.2, 0.25) is 0 Å². The fraction of sp³-hybridized carbons (Fsp3) is 0.600. The van der Waals surface area contributed by atoms with Crippen molar-refractivity contribution < 1.29 is 0 Å². The van der Waals surface area contributed by atoms with Crippen LogP contribution >= 0.6 is 0 Å². The topological polar surface area (TPSA) is 48.7 Å². The van der Waals surface area contributed by atoms with Gasteiger partial charge in [-0.1, -0.05) is 26.2 Å². The molecule has 1 fully saturated rings. The zero-order chi connectivity index (χ0) is 12.8. The summed E-state index contributed by atoms with van der Waals surface area (Å²) in [5, 5.41) is 12.1. The third-order valence-electron chi connectivity index (χ3n) is 4.01. The van der Waals surface area contributed by atoms with Crippen molar-refractivity contribution in [1.82, 2.24) is 4.98 Å². The van der Waals surface area contributed by atoms with Crippen LogP contribution in [0.5, 0.6) is 0 Å². The molecule has 0 saturated heterocycles. The van der Waals surface area contributed by atoms with E-state index < -0.39 is 0 Å². The predicted molar refractivity (Wildman–Crippen MR) is 73.2 cm³/mol. The molecule has 1 saturated carbocycles. The van der Waals surface area contributed by atoms with Crippen molar-refractivity contribution in [2.45, 2.75) is 39.0 Å².